The standard InChI is InChI=1S/C27H34N6O3S/c1-5-32-25(36)23(37-26(32)21(15-28)24(35)30-27(2,3)17-34)16-29-19-7-6-18-8-13-33(22(18)14-19)20-9-11-31(4)12-10-20/h6-8,13-14,16,20,29,34H,5,9-12,17H2,1-4H3,(H,30,35)/b23-16+,26-21-. The van der Waals surface area contributed by atoms with Crippen molar-refractivity contribution in [3.8, 4) is 6.07 Å². The summed E-state index contributed by atoms with van der Waals surface area (Å²) in [5, 5.41) is 26.3. The zero-order valence-electron chi connectivity index (χ0n) is 21.7. The molecule has 0 bridgehead atoms. The maximum Gasteiger partial charge on any atom is 0.270 e. The number of nitrogens with one attached hydrogen (secondary N) is 2. The van der Waals surface area contributed by atoms with Crippen molar-refractivity contribution in [2.24, 2.45) is 0 Å². The summed E-state index contributed by atoms with van der Waals surface area (Å²) in [6.45, 7) is 7.31. The molecular weight excluding hydrogens is 488 g/mol. The minimum absolute atomic E-state index is 0.150. The van der Waals surface area contributed by atoms with Gasteiger partial charge in [-0.1, -0.05) is 6.07 Å². The van der Waals surface area contributed by atoms with Gasteiger partial charge >= 0.3 is 0 Å². The molecule has 1 aliphatic rings. The lowest BCUT2D eigenvalue weighted by Crippen LogP contribution is -2.47. The summed E-state index contributed by atoms with van der Waals surface area (Å²) in [4.78, 5) is 28.2. The summed E-state index contributed by atoms with van der Waals surface area (Å²) in [5.41, 5.74) is 0.683. The number of carbonyl (C=O) groups excluding carboxylic acids is 1. The first kappa shape index (κ1) is 26.7. The molecule has 4 rings (SSSR count). The van der Waals surface area contributed by atoms with Crippen molar-refractivity contribution in [2.45, 2.75) is 51.7 Å². The molecule has 1 amide bonds. The van der Waals surface area contributed by atoms with Crippen LogP contribution in [0, 0.1) is 11.3 Å². The van der Waals surface area contributed by atoms with Crippen molar-refractivity contribution in [3.05, 3.63) is 50.0 Å². The van der Waals surface area contributed by atoms with E-state index in [9.17, 15) is 20.0 Å². The van der Waals surface area contributed by atoms with E-state index in [0.29, 0.717) is 21.8 Å². The summed E-state index contributed by atoms with van der Waals surface area (Å²) in [7, 11) is 2.16. The Balaban J connectivity index is 1.68. The van der Waals surface area contributed by atoms with Crippen molar-refractivity contribution in [3.63, 3.8) is 0 Å². The Hall–Kier alpha value is -3.39. The number of fused-ring (bicyclic) bond motifs is 1. The van der Waals surface area contributed by atoms with Gasteiger partial charge in [0.2, 0.25) is 0 Å². The third-order valence-corrected chi connectivity index (χ3v) is 7.93. The third-order valence-electron chi connectivity index (χ3n) is 6.80. The normalized spacial score (nSPS) is 16.6. The lowest BCUT2D eigenvalue weighted by atomic mass is 10.1. The molecule has 10 heteroatoms. The van der Waals surface area contributed by atoms with Crippen LogP contribution in [0.3, 0.4) is 0 Å². The SMILES string of the molecule is CCn1c(=O)/c(=C\Nc2ccc3ccn(C4CCN(C)CC4)c3c2)s/c1=C(/C#N)C(=O)NC(C)(C)CO. The predicted octanol–water partition coefficient (Wildman–Crippen LogP) is 1.56. The molecule has 0 spiro atoms. The number of benzene rings is 1. The Morgan fingerprint density at radius 2 is 2.03 bits per heavy atom. The van der Waals surface area contributed by atoms with Crippen molar-refractivity contribution in [2.75, 3.05) is 32.1 Å². The molecular formula is C27H34N6O3S. The minimum atomic E-state index is -0.895. The molecule has 0 aliphatic carbocycles. The van der Waals surface area contributed by atoms with E-state index < -0.39 is 11.4 Å². The first-order valence-electron chi connectivity index (χ1n) is 12.5. The van der Waals surface area contributed by atoms with E-state index >= 15 is 0 Å². The fourth-order valence-corrected chi connectivity index (χ4v) is 5.66. The molecule has 3 aromatic rings. The van der Waals surface area contributed by atoms with E-state index in [-0.39, 0.29) is 17.7 Å². The van der Waals surface area contributed by atoms with Gasteiger partial charge in [0, 0.05) is 30.7 Å². The second-order valence-corrected chi connectivity index (χ2v) is 11.2. The summed E-state index contributed by atoms with van der Waals surface area (Å²) in [6.07, 6.45) is 6.01. The topological polar surface area (TPSA) is 115 Å². The average Bonchev–Trinajstić information content (AvgIpc) is 3.43. The van der Waals surface area contributed by atoms with Crippen molar-refractivity contribution < 1.29 is 9.90 Å². The van der Waals surface area contributed by atoms with Crippen molar-refractivity contribution in [1.82, 2.24) is 19.4 Å². The second kappa shape index (κ2) is 10.9. The first-order valence-corrected chi connectivity index (χ1v) is 13.3. The molecule has 1 aromatic carbocycles. The maximum absolute atomic E-state index is 13.1. The summed E-state index contributed by atoms with van der Waals surface area (Å²) in [5.74, 6) is -0.621. The van der Waals surface area contributed by atoms with Crippen LogP contribution in [0.15, 0.2) is 35.3 Å². The molecule has 0 radical (unpaired) electrons. The molecule has 0 atom stereocenters. The van der Waals surface area contributed by atoms with Gasteiger partial charge in [-0.15, -0.1) is 11.3 Å². The van der Waals surface area contributed by atoms with Gasteiger partial charge in [-0.3, -0.25) is 14.2 Å². The highest BCUT2D eigenvalue weighted by atomic mass is 32.1. The number of anilines is 1. The number of aromatic nitrogens is 2. The number of likely N-dealkylation sites (tertiary alicyclic amines) is 1. The molecule has 9 nitrogen and oxygen atoms in total. The van der Waals surface area contributed by atoms with E-state index in [1.807, 2.05) is 12.1 Å². The molecule has 0 unspecified atom stereocenters. The molecule has 2 aromatic heterocycles. The molecule has 196 valence electrons. The van der Waals surface area contributed by atoms with Crippen molar-refractivity contribution >= 4 is 45.6 Å². The molecule has 1 saturated heterocycles. The van der Waals surface area contributed by atoms with Gasteiger partial charge in [0.25, 0.3) is 11.5 Å². The van der Waals surface area contributed by atoms with Gasteiger partial charge in [-0.2, -0.15) is 5.26 Å². The maximum atomic E-state index is 13.1. The monoisotopic (exact) mass is 522 g/mol. The Bertz CT molecular complexity index is 1520. The number of rotatable bonds is 7. The van der Waals surface area contributed by atoms with Crippen LogP contribution in [-0.4, -0.2) is 57.3 Å². The van der Waals surface area contributed by atoms with Crippen LogP contribution >= 0.6 is 11.3 Å². The van der Waals surface area contributed by atoms with Gasteiger partial charge in [-0.05, 0) is 77.3 Å². The quantitative estimate of drug-likeness (QED) is 0.434. The second-order valence-electron chi connectivity index (χ2n) is 10.1. The third kappa shape index (κ3) is 5.64. The summed E-state index contributed by atoms with van der Waals surface area (Å²) < 4.78 is 4.46. The van der Waals surface area contributed by atoms with Crippen molar-refractivity contribution in [1.29, 1.82) is 5.26 Å². The highest BCUT2D eigenvalue weighted by molar-refractivity contribution is 7.07. The highest BCUT2D eigenvalue weighted by Crippen LogP contribution is 2.29. The van der Waals surface area contributed by atoms with Gasteiger partial charge < -0.3 is 25.2 Å². The molecule has 0 saturated carbocycles. The van der Waals surface area contributed by atoms with Gasteiger partial charge in [0.05, 0.1) is 17.7 Å². The van der Waals surface area contributed by atoms with Crippen LogP contribution in [0.25, 0.3) is 22.7 Å². The smallest absolute Gasteiger partial charge is 0.270 e. The van der Waals surface area contributed by atoms with E-state index in [2.05, 4.69) is 51.5 Å². The molecule has 1 aliphatic heterocycles. The Labute approximate surface area is 219 Å². The van der Waals surface area contributed by atoms with Gasteiger partial charge in [0.1, 0.15) is 15.3 Å². The Morgan fingerprint density at radius 3 is 2.68 bits per heavy atom. The highest BCUT2D eigenvalue weighted by Gasteiger charge is 2.23. The van der Waals surface area contributed by atoms with Crippen LogP contribution in [0.2, 0.25) is 0 Å². The zero-order chi connectivity index (χ0) is 26.7. The molecule has 1 fully saturated rings. The average molecular weight is 523 g/mol. The van der Waals surface area contributed by atoms with Crippen LogP contribution < -0.4 is 25.4 Å². The van der Waals surface area contributed by atoms with Crippen LogP contribution in [-0.2, 0) is 11.3 Å². The number of thiazole rings is 1. The molecule has 37 heavy (non-hydrogen) atoms. The number of aliphatic hydroxyl groups excluding tert-OH is 1. The summed E-state index contributed by atoms with van der Waals surface area (Å²) >= 11 is 1.10. The van der Waals surface area contributed by atoms with Crippen LogP contribution in [0.5, 0.6) is 0 Å². The lowest BCUT2D eigenvalue weighted by molar-refractivity contribution is -0.117. The minimum Gasteiger partial charge on any atom is -0.394 e. The fourth-order valence-electron chi connectivity index (χ4n) is 4.58. The number of piperidine rings is 1. The first-order chi connectivity index (χ1) is 17.7. The molecule has 3 heterocycles. The number of amides is 1. The van der Waals surface area contributed by atoms with Gasteiger partial charge in [-0.25, -0.2) is 0 Å². The van der Waals surface area contributed by atoms with E-state index in [4.69, 9.17) is 0 Å². The number of hydrogen-bond acceptors (Lipinski definition) is 7. The van der Waals surface area contributed by atoms with Gasteiger partial charge in [0.15, 0.2) is 5.57 Å². The Kier molecular flexibility index (Phi) is 7.87. The zero-order valence-corrected chi connectivity index (χ0v) is 22.6. The van der Waals surface area contributed by atoms with E-state index in [1.54, 1.807) is 27.0 Å². The lowest BCUT2D eigenvalue weighted by Gasteiger charge is -2.30. The number of nitrogens with zero attached hydrogens (tertiary/aromatic N) is 4. The number of carbonyl (C=O) groups is 1. The largest absolute Gasteiger partial charge is 0.394 e. The molecule has 3 N–H and O–H groups in total. The predicted molar refractivity (Wildman–Crippen MR) is 148 cm³/mol. The fraction of sp³-hybridized carbons (Fsp3) is 0.444. The number of nitriles is 1. The summed E-state index contributed by atoms with van der Waals surface area (Å²) in [6, 6.07) is 10.7. The number of aliphatic hydroxyl groups is 1. The van der Waals surface area contributed by atoms with E-state index in [1.165, 1.54) is 9.95 Å². The van der Waals surface area contributed by atoms with Crippen LogP contribution in [0.4, 0.5) is 5.69 Å². The Morgan fingerprint density at radius 1 is 1.30 bits per heavy atom. The van der Waals surface area contributed by atoms with Crippen LogP contribution in [0.1, 0.15) is 39.7 Å². The number of hydrogen-bond donors (Lipinski definition) is 3. The van der Waals surface area contributed by atoms with E-state index in [0.717, 1.165) is 48.5 Å².